The predicted octanol–water partition coefficient (Wildman–Crippen LogP) is -4.51. The number of rotatable bonds is 9. The van der Waals surface area contributed by atoms with Crippen LogP contribution in [0, 0.1) is 0 Å². The van der Waals surface area contributed by atoms with Gasteiger partial charge in [0.15, 0.2) is 0 Å². The molecule has 0 aliphatic heterocycles. The first-order valence-electron chi connectivity index (χ1n) is 4.01. The summed E-state index contributed by atoms with van der Waals surface area (Å²) in [5, 5.41) is 8.32. The van der Waals surface area contributed by atoms with Crippen molar-refractivity contribution in [1.29, 1.82) is 0 Å². The Hall–Kier alpha value is 0.990. The molecule has 0 saturated heterocycles. The standard InChI is InChI=1S/C6H15O7P.Na/c7-1-2-11-3-4-12-5-6-13-14(8,9)10;/h7H,1-6H2,(H2,8,9,10);/q;+1/p-1. The van der Waals surface area contributed by atoms with Crippen LogP contribution in [0.4, 0.5) is 0 Å². The number of phosphoric acid groups is 1. The smallest absolute Gasteiger partial charge is 0.756 e. The molecule has 1 unspecified atom stereocenters. The Labute approximate surface area is 110 Å². The zero-order chi connectivity index (χ0) is 10.9. The Bertz CT molecular complexity index is 173. The minimum absolute atomic E-state index is 0. The first kappa shape index (κ1) is 18.4. The summed E-state index contributed by atoms with van der Waals surface area (Å²) >= 11 is 0. The molecule has 7 nitrogen and oxygen atoms in total. The first-order valence-corrected chi connectivity index (χ1v) is 5.50. The van der Waals surface area contributed by atoms with Crippen molar-refractivity contribution in [3.63, 3.8) is 0 Å². The number of hydrogen-bond donors (Lipinski definition) is 2. The molecule has 0 spiro atoms. The van der Waals surface area contributed by atoms with Crippen molar-refractivity contribution in [3.05, 3.63) is 0 Å². The molecule has 1 atom stereocenters. The fourth-order valence-corrected chi connectivity index (χ4v) is 0.903. The van der Waals surface area contributed by atoms with Gasteiger partial charge in [-0.15, -0.1) is 0 Å². The molecule has 0 aliphatic carbocycles. The molecule has 0 aromatic rings. The molecule has 0 aromatic heterocycles. The van der Waals surface area contributed by atoms with Gasteiger partial charge < -0.3 is 28.9 Å². The topological polar surface area (TPSA) is 108 Å². The van der Waals surface area contributed by atoms with E-state index in [1.807, 2.05) is 0 Å². The second kappa shape index (κ2) is 11.5. The third-order valence-corrected chi connectivity index (χ3v) is 1.60. The van der Waals surface area contributed by atoms with E-state index in [4.69, 9.17) is 19.5 Å². The summed E-state index contributed by atoms with van der Waals surface area (Å²) < 4.78 is 23.8. The number of aliphatic hydroxyl groups is 1. The maximum atomic E-state index is 10.1. The molecule has 0 bridgehead atoms. The van der Waals surface area contributed by atoms with E-state index in [2.05, 4.69) is 4.52 Å². The van der Waals surface area contributed by atoms with Gasteiger partial charge in [0.1, 0.15) is 0 Å². The van der Waals surface area contributed by atoms with Gasteiger partial charge >= 0.3 is 29.6 Å². The fraction of sp³-hybridized carbons (Fsp3) is 1.00. The molecule has 0 amide bonds. The number of ether oxygens (including phenoxy) is 2. The molecule has 15 heavy (non-hydrogen) atoms. The zero-order valence-electron chi connectivity index (χ0n) is 8.63. The second-order valence-corrected chi connectivity index (χ2v) is 3.45. The third kappa shape index (κ3) is 17.6. The Balaban J connectivity index is 0. The molecule has 0 aliphatic rings. The third-order valence-electron chi connectivity index (χ3n) is 1.09. The summed E-state index contributed by atoms with van der Waals surface area (Å²) in [6.45, 7) is 0.610. The molecule has 0 saturated carbocycles. The van der Waals surface area contributed by atoms with Crippen LogP contribution >= 0.6 is 7.82 Å². The van der Waals surface area contributed by atoms with Crippen molar-refractivity contribution in [1.82, 2.24) is 0 Å². The van der Waals surface area contributed by atoms with Crippen molar-refractivity contribution in [3.8, 4) is 0 Å². The predicted molar refractivity (Wildman–Crippen MR) is 44.5 cm³/mol. The molecule has 0 heterocycles. The summed E-state index contributed by atoms with van der Waals surface area (Å²) in [7, 11) is -4.63. The minimum atomic E-state index is -4.63. The van der Waals surface area contributed by atoms with Gasteiger partial charge in [0.25, 0.3) is 7.82 Å². The van der Waals surface area contributed by atoms with Crippen LogP contribution in [0.25, 0.3) is 0 Å². The van der Waals surface area contributed by atoms with E-state index < -0.39 is 7.82 Å². The van der Waals surface area contributed by atoms with Crippen LogP contribution in [0.3, 0.4) is 0 Å². The molecule has 0 rings (SSSR count). The van der Waals surface area contributed by atoms with E-state index >= 15 is 0 Å². The molecular formula is C6H14NaO7P. The van der Waals surface area contributed by atoms with Gasteiger partial charge in [0.2, 0.25) is 0 Å². The molecule has 0 aromatic carbocycles. The quantitative estimate of drug-likeness (QED) is 0.242. The molecule has 9 heteroatoms. The van der Waals surface area contributed by atoms with Crippen LogP contribution in [0.1, 0.15) is 0 Å². The molecule has 0 fully saturated rings. The normalized spacial score (nSPS) is 14.3. The largest absolute Gasteiger partial charge is 1.00 e. The van der Waals surface area contributed by atoms with Crippen LogP contribution in [0.5, 0.6) is 0 Å². The van der Waals surface area contributed by atoms with E-state index in [9.17, 15) is 9.46 Å². The number of aliphatic hydroxyl groups excluding tert-OH is 1. The van der Waals surface area contributed by atoms with Gasteiger partial charge in [-0.3, -0.25) is 4.57 Å². The Morgan fingerprint density at radius 3 is 2.00 bits per heavy atom. The van der Waals surface area contributed by atoms with Crippen LogP contribution in [0.2, 0.25) is 0 Å². The summed E-state index contributed by atoms with van der Waals surface area (Å²) in [5.41, 5.74) is 0. The van der Waals surface area contributed by atoms with Crippen LogP contribution in [-0.2, 0) is 18.6 Å². The average molecular weight is 252 g/mol. The first-order chi connectivity index (χ1) is 6.56. The van der Waals surface area contributed by atoms with Gasteiger partial charge in [-0.05, 0) is 0 Å². The Kier molecular flexibility index (Phi) is 14.0. The number of hydrogen-bond acceptors (Lipinski definition) is 6. The van der Waals surface area contributed by atoms with E-state index in [0.29, 0.717) is 6.61 Å². The zero-order valence-corrected chi connectivity index (χ0v) is 11.5. The van der Waals surface area contributed by atoms with Gasteiger partial charge in [-0.25, -0.2) is 0 Å². The fourth-order valence-electron chi connectivity index (χ4n) is 0.598. The second-order valence-electron chi connectivity index (χ2n) is 2.25. The summed E-state index contributed by atoms with van der Waals surface area (Å²) in [4.78, 5) is 18.2. The SMILES string of the molecule is O=P([O-])(O)OCCOCCOCCO.[Na+]. The molecular weight excluding hydrogens is 238 g/mol. The van der Waals surface area contributed by atoms with Crippen LogP contribution in [0.15, 0.2) is 0 Å². The monoisotopic (exact) mass is 252 g/mol. The van der Waals surface area contributed by atoms with Gasteiger partial charge in [0, 0.05) is 0 Å². The van der Waals surface area contributed by atoms with E-state index in [1.165, 1.54) is 0 Å². The maximum Gasteiger partial charge on any atom is 1.00 e. The molecule has 86 valence electrons. The van der Waals surface area contributed by atoms with Crippen LogP contribution in [-0.4, -0.2) is 49.6 Å². The van der Waals surface area contributed by atoms with Gasteiger partial charge in [0.05, 0.1) is 39.6 Å². The summed E-state index contributed by atoms with van der Waals surface area (Å²) in [6.07, 6.45) is 0. The summed E-state index contributed by atoms with van der Waals surface area (Å²) in [6, 6.07) is 0. The van der Waals surface area contributed by atoms with Crippen molar-refractivity contribution in [2.24, 2.45) is 0 Å². The van der Waals surface area contributed by atoms with Crippen LogP contribution < -0.4 is 34.5 Å². The maximum absolute atomic E-state index is 10.1. The van der Waals surface area contributed by atoms with Crippen molar-refractivity contribution in [2.45, 2.75) is 0 Å². The van der Waals surface area contributed by atoms with E-state index in [1.54, 1.807) is 0 Å². The van der Waals surface area contributed by atoms with Gasteiger partial charge in [-0.2, -0.15) is 0 Å². The average Bonchev–Trinajstić information content (AvgIpc) is 2.08. The number of phosphoric ester groups is 1. The van der Waals surface area contributed by atoms with E-state index in [-0.39, 0.29) is 62.6 Å². The van der Waals surface area contributed by atoms with E-state index in [0.717, 1.165) is 0 Å². The van der Waals surface area contributed by atoms with Crippen molar-refractivity contribution < 1.29 is 63.0 Å². The van der Waals surface area contributed by atoms with Crippen molar-refractivity contribution >= 4 is 7.82 Å². The Morgan fingerprint density at radius 2 is 1.53 bits per heavy atom. The molecule has 0 radical (unpaired) electrons. The minimum Gasteiger partial charge on any atom is -0.756 e. The van der Waals surface area contributed by atoms with Crippen molar-refractivity contribution in [2.75, 3.05) is 39.6 Å². The summed E-state index contributed by atoms with van der Waals surface area (Å²) in [5.74, 6) is 0. The van der Waals surface area contributed by atoms with Gasteiger partial charge in [-0.1, -0.05) is 0 Å². The Morgan fingerprint density at radius 1 is 1.07 bits per heavy atom. The molecule has 2 N–H and O–H groups in total.